The number of nitrogen functional groups attached to an aromatic ring is 1. The third kappa shape index (κ3) is 2.22. The standard InChI is InChI=1S/C10H8F2N4/c11-7-2-1-6(3-8(7)12)16-10-4-9(13)14-5-15-10/h1-5H,(H3,13,14,15,16). The van der Waals surface area contributed by atoms with E-state index in [1.807, 2.05) is 0 Å². The summed E-state index contributed by atoms with van der Waals surface area (Å²) in [6.45, 7) is 0. The zero-order chi connectivity index (χ0) is 11.5. The average Bonchev–Trinajstić information content (AvgIpc) is 2.24. The molecule has 0 aliphatic heterocycles. The van der Waals surface area contributed by atoms with Gasteiger partial charge >= 0.3 is 0 Å². The van der Waals surface area contributed by atoms with E-state index in [1.54, 1.807) is 0 Å². The van der Waals surface area contributed by atoms with Crippen molar-refractivity contribution in [3.63, 3.8) is 0 Å². The monoisotopic (exact) mass is 222 g/mol. The minimum atomic E-state index is -0.924. The van der Waals surface area contributed by atoms with Gasteiger partial charge in [0.1, 0.15) is 18.0 Å². The Kier molecular flexibility index (Phi) is 2.63. The van der Waals surface area contributed by atoms with Gasteiger partial charge in [-0.1, -0.05) is 0 Å². The third-order valence-corrected chi connectivity index (χ3v) is 1.88. The van der Waals surface area contributed by atoms with Crippen LogP contribution in [0.15, 0.2) is 30.6 Å². The summed E-state index contributed by atoms with van der Waals surface area (Å²) in [6, 6.07) is 4.95. The summed E-state index contributed by atoms with van der Waals surface area (Å²) < 4.78 is 25.5. The van der Waals surface area contributed by atoms with Crippen molar-refractivity contribution in [2.45, 2.75) is 0 Å². The van der Waals surface area contributed by atoms with Gasteiger partial charge in [0.25, 0.3) is 0 Å². The molecular formula is C10H8F2N4. The van der Waals surface area contributed by atoms with E-state index in [-0.39, 0.29) is 0 Å². The fraction of sp³-hybridized carbons (Fsp3) is 0. The summed E-state index contributed by atoms with van der Waals surface area (Å²) in [5.74, 6) is -1.11. The van der Waals surface area contributed by atoms with Crippen LogP contribution in [-0.2, 0) is 0 Å². The molecule has 2 aromatic rings. The molecule has 0 amide bonds. The van der Waals surface area contributed by atoms with E-state index in [4.69, 9.17) is 5.73 Å². The normalized spacial score (nSPS) is 10.1. The summed E-state index contributed by atoms with van der Waals surface area (Å²) >= 11 is 0. The van der Waals surface area contributed by atoms with Gasteiger partial charge in [-0.05, 0) is 12.1 Å². The largest absolute Gasteiger partial charge is 0.384 e. The number of nitrogens with two attached hydrogens (primary N) is 1. The highest BCUT2D eigenvalue weighted by molar-refractivity contribution is 5.57. The maximum Gasteiger partial charge on any atom is 0.160 e. The number of benzene rings is 1. The first-order valence-corrected chi connectivity index (χ1v) is 4.45. The second-order valence-corrected chi connectivity index (χ2v) is 3.08. The van der Waals surface area contributed by atoms with Crippen molar-refractivity contribution in [1.82, 2.24) is 9.97 Å². The maximum absolute atomic E-state index is 12.9. The second kappa shape index (κ2) is 4.09. The molecule has 16 heavy (non-hydrogen) atoms. The van der Waals surface area contributed by atoms with Crippen LogP contribution in [0.4, 0.5) is 26.1 Å². The smallest absolute Gasteiger partial charge is 0.160 e. The lowest BCUT2D eigenvalue weighted by Gasteiger charge is -2.05. The second-order valence-electron chi connectivity index (χ2n) is 3.08. The first-order chi connectivity index (χ1) is 7.65. The van der Waals surface area contributed by atoms with Crippen LogP contribution in [0.3, 0.4) is 0 Å². The zero-order valence-corrected chi connectivity index (χ0v) is 8.11. The predicted octanol–water partition coefficient (Wildman–Crippen LogP) is 2.08. The van der Waals surface area contributed by atoms with Crippen LogP contribution < -0.4 is 11.1 Å². The first-order valence-electron chi connectivity index (χ1n) is 4.45. The summed E-state index contributed by atoms with van der Waals surface area (Å²) in [5, 5.41) is 2.78. The number of rotatable bonds is 2. The molecule has 0 aliphatic carbocycles. The molecule has 4 nitrogen and oxygen atoms in total. The van der Waals surface area contributed by atoms with E-state index < -0.39 is 11.6 Å². The van der Waals surface area contributed by atoms with Gasteiger partial charge < -0.3 is 11.1 Å². The number of hydrogen-bond donors (Lipinski definition) is 2. The fourth-order valence-electron chi connectivity index (χ4n) is 1.16. The van der Waals surface area contributed by atoms with Crippen molar-refractivity contribution in [2.75, 3.05) is 11.1 Å². The topological polar surface area (TPSA) is 63.8 Å². The first kappa shape index (κ1) is 10.3. The van der Waals surface area contributed by atoms with Crippen molar-refractivity contribution >= 4 is 17.3 Å². The van der Waals surface area contributed by atoms with E-state index in [9.17, 15) is 8.78 Å². The Balaban J connectivity index is 2.24. The number of hydrogen-bond acceptors (Lipinski definition) is 4. The Morgan fingerprint density at radius 1 is 1.06 bits per heavy atom. The van der Waals surface area contributed by atoms with Gasteiger partial charge in [0.05, 0.1) is 0 Å². The molecule has 0 spiro atoms. The lowest BCUT2D eigenvalue weighted by atomic mass is 10.3. The number of halogens is 2. The van der Waals surface area contributed by atoms with Gasteiger partial charge in [0, 0.05) is 17.8 Å². The van der Waals surface area contributed by atoms with Gasteiger partial charge in [0.2, 0.25) is 0 Å². The maximum atomic E-state index is 12.9. The molecule has 2 rings (SSSR count). The number of nitrogens with one attached hydrogen (secondary N) is 1. The fourth-order valence-corrected chi connectivity index (χ4v) is 1.16. The van der Waals surface area contributed by atoms with Crippen LogP contribution in [0.5, 0.6) is 0 Å². The zero-order valence-electron chi connectivity index (χ0n) is 8.11. The molecular weight excluding hydrogens is 214 g/mol. The predicted molar refractivity (Wildman–Crippen MR) is 56.1 cm³/mol. The summed E-state index contributed by atoms with van der Waals surface area (Å²) in [7, 11) is 0. The molecule has 82 valence electrons. The highest BCUT2D eigenvalue weighted by Gasteiger charge is 2.03. The SMILES string of the molecule is Nc1cc(Nc2ccc(F)c(F)c2)ncn1. The van der Waals surface area contributed by atoms with E-state index in [2.05, 4.69) is 15.3 Å². The van der Waals surface area contributed by atoms with Crippen LogP contribution >= 0.6 is 0 Å². The van der Waals surface area contributed by atoms with Crippen molar-refractivity contribution in [3.8, 4) is 0 Å². The summed E-state index contributed by atoms with van der Waals surface area (Å²) in [5.41, 5.74) is 5.83. The number of anilines is 3. The van der Waals surface area contributed by atoms with E-state index in [1.165, 1.54) is 18.5 Å². The Labute approximate surface area is 90.1 Å². The van der Waals surface area contributed by atoms with Crippen LogP contribution in [0, 0.1) is 11.6 Å². The molecule has 0 saturated carbocycles. The number of nitrogens with zero attached hydrogens (tertiary/aromatic N) is 2. The molecule has 1 aromatic carbocycles. The number of aromatic nitrogens is 2. The Morgan fingerprint density at radius 2 is 1.88 bits per heavy atom. The van der Waals surface area contributed by atoms with Crippen molar-refractivity contribution in [1.29, 1.82) is 0 Å². The Morgan fingerprint density at radius 3 is 2.56 bits per heavy atom. The van der Waals surface area contributed by atoms with Crippen LogP contribution in [0.25, 0.3) is 0 Å². The van der Waals surface area contributed by atoms with Gasteiger partial charge in [-0.2, -0.15) is 0 Å². The van der Waals surface area contributed by atoms with Crippen molar-refractivity contribution in [2.24, 2.45) is 0 Å². The van der Waals surface area contributed by atoms with Crippen LogP contribution in [-0.4, -0.2) is 9.97 Å². The summed E-state index contributed by atoms with van der Waals surface area (Å²) in [6.07, 6.45) is 1.28. The molecule has 1 aromatic heterocycles. The highest BCUT2D eigenvalue weighted by atomic mass is 19.2. The lowest BCUT2D eigenvalue weighted by molar-refractivity contribution is 0.509. The molecule has 0 radical (unpaired) electrons. The summed E-state index contributed by atoms with van der Waals surface area (Å²) in [4.78, 5) is 7.57. The third-order valence-electron chi connectivity index (χ3n) is 1.88. The minimum absolute atomic E-state index is 0.292. The Bertz CT molecular complexity index is 516. The van der Waals surface area contributed by atoms with Crippen molar-refractivity contribution < 1.29 is 8.78 Å². The van der Waals surface area contributed by atoms with E-state index >= 15 is 0 Å². The molecule has 0 fully saturated rings. The Hall–Kier alpha value is -2.24. The van der Waals surface area contributed by atoms with E-state index in [0.717, 1.165) is 12.1 Å². The average molecular weight is 222 g/mol. The molecule has 1 heterocycles. The molecule has 0 bridgehead atoms. The molecule has 0 aliphatic rings. The molecule has 6 heteroatoms. The van der Waals surface area contributed by atoms with Crippen molar-refractivity contribution in [3.05, 3.63) is 42.2 Å². The van der Waals surface area contributed by atoms with Gasteiger partial charge in [0.15, 0.2) is 11.6 Å². The molecule has 0 atom stereocenters. The van der Waals surface area contributed by atoms with Crippen LogP contribution in [0.2, 0.25) is 0 Å². The van der Waals surface area contributed by atoms with Gasteiger partial charge in [-0.25, -0.2) is 18.7 Å². The molecule has 0 saturated heterocycles. The quantitative estimate of drug-likeness (QED) is 0.816. The van der Waals surface area contributed by atoms with Gasteiger partial charge in [-0.15, -0.1) is 0 Å². The minimum Gasteiger partial charge on any atom is -0.384 e. The van der Waals surface area contributed by atoms with E-state index in [0.29, 0.717) is 17.3 Å². The van der Waals surface area contributed by atoms with Crippen LogP contribution in [0.1, 0.15) is 0 Å². The molecule has 3 N–H and O–H groups in total. The lowest BCUT2D eigenvalue weighted by Crippen LogP contribution is -1.98. The molecule has 0 unspecified atom stereocenters. The highest BCUT2D eigenvalue weighted by Crippen LogP contribution is 2.17. The van der Waals surface area contributed by atoms with Gasteiger partial charge in [-0.3, -0.25) is 0 Å².